The molecule has 0 saturated carbocycles. The van der Waals surface area contributed by atoms with Crippen LogP contribution in [0.25, 0.3) is 0 Å². The molecule has 9 heteroatoms. The van der Waals surface area contributed by atoms with E-state index in [0.29, 0.717) is 24.3 Å². The molecule has 24 heavy (non-hydrogen) atoms. The molecule has 0 aromatic carbocycles. The molecular weight excluding hydrogens is 351 g/mol. The number of halogens is 2. The maximum Gasteiger partial charge on any atom is 0.273 e. The van der Waals surface area contributed by atoms with E-state index >= 15 is 0 Å². The molecule has 3 rings (SSSR count). The third-order valence-electron chi connectivity index (χ3n) is 4.83. The Labute approximate surface area is 155 Å². The van der Waals surface area contributed by atoms with Gasteiger partial charge in [0, 0.05) is 12.6 Å². The normalized spacial score (nSPS) is 21.8. The monoisotopic (exact) mass is 378 g/mol. The van der Waals surface area contributed by atoms with Gasteiger partial charge < -0.3 is 10.6 Å². The number of carbonyl (C=O) groups is 1. The van der Waals surface area contributed by atoms with Gasteiger partial charge >= 0.3 is 0 Å². The number of hydrogen-bond acceptors (Lipinski definition) is 5. The van der Waals surface area contributed by atoms with Gasteiger partial charge in [-0.2, -0.15) is 0 Å². The third kappa shape index (κ3) is 5.05. The Kier molecular flexibility index (Phi) is 8.97. The topological polar surface area (TPSA) is 75.1 Å². The summed E-state index contributed by atoms with van der Waals surface area (Å²) in [6, 6.07) is 0.828. The average Bonchev–Trinajstić information content (AvgIpc) is 3.22. The van der Waals surface area contributed by atoms with Crippen molar-refractivity contribution in [3.8, 4) is 0 Å². The van der Waals surface area contributed by atoms with Gasteiger partial charge in [0.05, 0.1) is 12.2 Å². The zero-order chi connectivity index (χ0) is 15.4. The molecule has 1 aromatic heterocycles. The van der Waals surface area contributed by atoms with Gasteiger partial charge in [-0.3, -0.25) is 9.69 Å². The molecule has 7 nitrogen and oxygen atoms in total. The maximum absolute atomic E-state index is 12.2. The second kappa shape index (κ2) is 10.2. The van der Waals surface area contributed by atoms with Gasteiger partial charge in [-0.15, -0.1) is 29.9 Å². The number of nitrogens with one attached hydrogen (secondary N) is 2. The van der Waals surface area contributed by atoms with Crippen LogP contribution < -0.4 is 10.6 Å². The lowest BCUT2D eigenvalue weighted by Crippen LogP contribution is -2.40. The van der Waals surface area contributed by atoms with E-state index in [1.165, 1.54) is 6.42 Å². The molecule has 1 aromatic rings. The summed E-state index contributed by atoms with van der Waals surface area (Å²) >= 11 is 0. The molecule has 3 heterocycles. The summed E-state index contributed by atoms with van der Waals surface area (Å²) in [5.74, 6) is -0.108. The van der Waals surface area contributed by atoms with Crippen molar-refractivity contribution in [1.29, 1.82) is 0 Å². The summed E-state index contributed by atoms with van der Waals surface area (Å²) in [4.78, 5) is 14.7. The fourth-order valence-electron chi connectivity index (χ4n) is 3.47. The van der Waals surface area contributed by atoms with Crippen LogP contribution in [-0.4, -0.2) is 64.6 Å². The number of amides is 1. The molecular formula is C15H28Cl2N6O. The van der Waals surface area contributed by atoms with Gasteiger partial charge in [0.1, 0.15) is 0 Å². The Morgan fingerprint density at radius 1 is 1.33 bits per heavy atom. The first-order valence-corrected chi connectivity index (χ1v) is 8.42. The van der Waals surface area contributed by atoms with Gasteiger partial charge in [0.25, 0.3) is 5.91 Å². The van der Waals surface area contributed by atoms with Crippen LogP contribution in [0, 0.1) is 0 Å². The van der Waals surface area contributed by atoms with E-state index in [4.69, 9.17) is 0 Å². The second-order valence-corrected chi connectivity index (χ2v) is 6.20. The number of likely N-dealkylation sites (tertiary alicyclic amines) is 1. The summed E-state index contributed by atoms with van der Waals surface area (Å²) in [7, 11) is 0. The molecule has 2 aliphatic heterocycles. The highest BCUT2D eigenvalue weighted by Crippen LogP contribution is 2.17. The zero-order valence-corrected chi connectivity index (χ0v) is 15.7. The second-order valence-electron chi connectivity index (χ2n) is 6.20. The van der Waals surface area contributed by atoms with Crippen molar-refractivity contribution in [2.45, 2.75) is 44.7 Å². The van der Waals surface area contributed by atoms with Crippen molar-refractivity contribution in [2.75, 3.05) is 32.7 Å². The van der Waals surface area contributed by atoms with E-state index < -0.39 is 0 Å². The van der Waals surface area contributed by atoms with Crippen molar-refractivity contribution in [3.05, 3.63) is 11.9 Å². The minimum absolute atomic E-state index is 0. The van der Waals surface area contributed by atoms with Gasteiger partial charge in [-0.25, -0.2) is 4.68 Å². The highest BCUT2D eigenvalue weighted by Gasteiger charge is 2.24. The van der Waals surface area contributed by atoms with Gasteiger partial charge in [-0.1, -0.05) is 12.1 Å². The van der Waals surface area contributed by atoms with E-state index in [9.17, 15) is 4.79 Å². The van der Waals surface area contributed by atoms with E-state index in [2.05, 4.69) is 32.8 Å². The van der Waals surface area contributed by atoms with Crippen LogP contribution in [0.15, 0.2) is 6.20 Å². The molecule has 1 atom stereocenters. The molecule has 2 aliphatic rings. The first kappa shape index (κ1) is 21.2. The lowest BCUT2D eigenvalue weighted by Gasteiger charge is -2.22. The van der Waals surface area contributed by atoms with Crippen LogP contribution in [0.4, 0.5) is 0 Å². The fourth-order valence-corrected chi connectivity index (χ4v) is 3.47. The minimum atomic E-state index is -0.108. The zero-order valence-electron chi connectivity index (χ0n) is 14.1. The Balaban J connectivity index is 0.00000144. The number of hydrogen-bond donors (Lipinski definition) is 2. The van der Waals surface area contributed by atoms with E-state index in [0.717, 1.165) is 45.4 Å². The predicted octanol–water partition coefficient (Wildman–Crippen LogP) is 1.26. The molecule has 1 amide bonds. The fraction of sp³-hybridized carbons (Fsp3) is 0.800. The lowest BCUT2D eigenvalue weighted by atomic mass is 10.1. The number of nitrogens with zero attached hydrogens (tertiary/aromatic N) is 4. The highest BCUT2D eigenvalue weighted by atomic mass is 35.5. The van der Waals surface area contributed by atoms with Crippen molar-refractivity contribution in [3.63, 3.8) is 0 Å². The SMILES string of the molecule is CCN1CCCC1CNC(=O)c1cn(C2CCNCC2)nn1.Cl.Cl. The molecule has 138 valence electrons. The van der Waals surface area contributed by atoms with Gasteiger partial charge in [0.2, 0.25) is 0 Å². The summed E-state index contributed by atoms with van der Waals surface area (Å²) in [5, 5.41) is 14.5. The summed E-state index contributed by atoms with van der Waals surface area (Å²) in [5.41, 5.74) is 0.430. The number of aromatic nitrogens is 3. The van der Waals surface area contributed by atoms with Gasteiger partial charge in [-0.05, 0) is 51.9 Å². The number of carbonyl (C=O) groups excluding carboxylic acids is 1. The van der Waals surface area contributed by atoms with Crippen molar-refractivity contribution in [1.82, 2.24) is 30.5 Å². The number of likely N-dealkylation sites (N-methyl/N-ethyl adjacent to an activating group) is 1. The van der Waals surface area contributed by atoms with E-state index in [1.54, 1.807) is 6.20 Å². The molecule has 0 radical (unpaired) electrons. The van der Waals surface area contributed by atoms with Gasteiger partial charge in [0.15, 0.2) is 5.69 Å². The summed E-state index contributed by atoms with van der Waals surface area (Å²) < 4.78 is 1.85. The molecule has 0 bridgehead atoms. The van der Waals surface area contributed by atoms with Crippen LogP contribution in [0.3, 0.4) is 0 Å². The van der Waals surface area contributed by atoms with Crippen LogP contribution in [-0.2, 0) is 0 Å². The number of piperidine rings is 1. The summed E-state index contributed by atoms with van der Waals surface area (Å²) in [6.45, 7) is 7.06. The quantitative estimate of drug-likeness (QED) is 0.806. The smallest absolute Gasteiger partial charge is 0.273 e. The first-order chi connectivity index (χ1) is 10.8. The standard InChI is InChI=1S/C15H26N6O.2ClH/c1-2-20-9-3-4-13(20)10-17-15(22)14-11-21(19-18-14)12-5-7-16-8-6-12;;/h11-13,16H,2-10H2,1H3,(H,17,22);2*1H. The number of rotatable bonds is 5. The molecule has 2 N–H and O–H groups in total. The molecule has 1 unspecified atom stereocenters. The van der Waals surface area contributed by atoms with Crippen molar-refractivity contribution < 1.29 is 4.79 Å². The largest absolute Gasteiger partial charge is 0.349 e. The molecule has 0 spiro atoms. The third-order valence-corrected chi connectivity index (χ3v) is 4.83. The highest BCUT2D eigenvalue weighted by molar-refractivity contribution is 5.91. The van der Waals surface area contributed by atoms with Crippen LogP contribution >= 0.6 is 24.8 Å². The maximum atomic E-state index is 12.2. The molecule has 0 aliphatic carbocycles. The van der Waals surface area contributed by atoms with Crippen LogP contribution in [0.2, 0.25) is 0 Å². The van der Waals surface area contributed by atoms with E-state index in [1.807, 2.05) is 4.68 Å². The Hall–Kier alpha value is -0.890. The minimum Gasteiger partial charge on any atom is -0.349 e. The Morgan fingerprint density at radius 2 is 2.08 bits per heavy atom. The molecule has 2 fully saturated rings. The summed E-state index contributed by atoms with van der Waals surface area (Å²) in [6.07, 6.45) is 6.25. The van der Waals surface area contributed by atoms with Crippen LogP contribution in [0.5, 0.6) is 0 Å². The molecule has 2 saturated heterocycles. The predicted molar refractivity (Wildman–Crippen MR) is 98.3 cm³/mol. The first-order valence-electron chi connectivity index (χ1n) is 8.42. The van der Waals surface area contributed by atoms with Crippen molar-refractivity contribution in [2.24, 2.45) is 0 Å². The lowest BCUT2D eigenvalue weighted by molar-refractivity contribution is 0.0936. The van der Waals surface area contributed by atoms with E-state index in [-0.39, 0.29) is 30.7 Å². The van der Waals surface area contributed by atoms with Crippen molar-refractivity contribution >= 4 is 30.7 Å². The average molecular weight is 379 g/mol. The van der Waals surface area contributed by atoms with Crippen LogP contribution in [0.1, 0.15) is 49.1 Å². The Bertz CT molecular complexity index is 506. The Morgan fingerprint density at radius 3 is 2.79 bits per heavy atom.